The third-order valence-electron chi connectivity index (χ3n) is 7.58. The minimum absolute atomic E-state index is 0.137. The Hall–Kier alpha value is -2.43. The lowest BCUT2D eigenvalue weighted by molar-refractivity contribution is -0.0458. The summed E-state index contributed by atoms with van der Waals surface area (Å²) < 4.78 is 33.1. The van der Waals surface area contributed by atoms with Crippen LogP contribution in [0.15, 0.2) is 30.6 Å². The molecule has 2 aliphatic heterocycles. The SMILES string of the molecule is Fc1c(Nc2ncnc3cc(OCCCN4CCOCC4)c(OC4[C@@H]5CNC[C@H]4C5)cc23)ccc(Cl)c1Cl. The fourth-order valence-corrected chi connectivity index (χ4v) is 5.76. The van der Waals surface area contributed by atoms with Gasteiger partial charge in [0.2, 0.25) is 0 Å². The Bertz CT molecular complexity index is 1300. The summed E-state index contributed by atoms with van der Waals surface area (Å²) in [7, 11) is 0. The fourth-order valence-electron chi connectivity index (χ4n) is 5.45. The number of ether oxygens (including phenoxy) is 3. The molecule has 6 rings (SSSR count). The summed E-state index contributed by atoms with van der Waals surface area (Å²) in [4.78, 5) is 11.2. The van der Waals surface area contributed by atoms with E-state index >= 15 is 0 Å². The van der Waals surface area contributed by atoms with E-state index in [1.807, 2.05) is 12.1 Å². The maximum atomic E-state index is 14.8. The average molecular weight is 562 g/mol. The van der Waals surface area contributed by atoms with E-state index in [9.17, 15) is 4.39 Å². The lowest BCUT2D eigenvalue weighted by Gasteiger charge is -2.49. The molecule has 11 heteroatoms. The standard InChI is InChI=1S/C27H30Cl2FN5O3/c28-19-2-3-20(25(30)24(19)29)34-27-18-11-23(38-26-16-10-17(26)14-31-13-16)22(12-21(18)32-15-33-27)37-7-1-4-35-5-8-36-9-6-35/h2-3,11-12,15-17,26,31H,1,4-10,13-14H2,(H,32,33,34)/t16-,17+,26?. The van der Waals surface area contributed by atoms with Crippen molar-refractivity contribution >= 4 is 45.6 Å². The predicted molar refractivity (Wildman–Crippen MR) is 145 cm³/mol. The van der Waals surface area contributed by atoms with E-state index in [4.69, 9.17) is 37.4 Å². The number of fused-ring (bicyclic) bond motifs is 3. The first-order chi connectivity index (χ1) is 18.6. The Morgan fingerprint density at radius 1 is 1.11 bits per heavy atom. The minimum Gasteiger partial charge on any atom is -0.490 e. The molecule has 3 heterocycles. The van der Waals surface area contributed by atoms with Crippen molar-refractivity contribution in [3.8, 4) is 11.5 Å². The molecule has 3 aliphatic rings. The van der Waals surface area contributed by atoms with Crippen molar-refractivity contribution in [1.29, 1.82) is 0 Å². The summed E-state index contributed by atoms with van der Waals surface area (Å²) in [5, 5.41) is 7.20. The zero-order chi connectivity index (χ0) is 26.1. The van der Waals surface area contributed by atoms with Gasteiger partial charge in [-0.05, 0) is 31.0 Å². The fraction of sp³-hybridized carbons (Fsp3) is 0.481. The molecular formula is C27H30Cl2FN5O3. The summed E-state index contributed by atoms with van der Waals surface area (Å²) in [5.74, 6) is 2.06. The molecule has 38 heavy (non-hydrogen) atoms. The van der Waals surface area contributed by atoms with Gasteiger partial charge in [0.15, 0.2) is 17.3 Å². The van der Waals surface area contributed by atoms with E-state index in [0.717, 1.165) is 52.4 Å². The number of rotatable bonds is 9. The number of piperidine rings is 2. The van der Waals surface area contributed by atoms with Crippen LogP contribution in [0.25, 0.3) is 10.9 Å². The second kappa shape index (κ2) is 11.4. The smallest absolute Gasteiger partial charge is 0.166 e. The van der Waals surface area contributed by atoms with Gasteiger partial charge >= 0.3 is 0 Å². The van der Waals surface area contributed by atoms with Gasteiger partial charge in [0.05, 0.1) is 41.1 Å². The third-order valence-corrected chi connectivity index (χ3v) is 8.36. The first-order valence-corrected chi connectivity index (χ1v) is 13.8. The van der Waals surface area contributed by atoms with Crippen LogP contribution < -0.4 is 20.1 Å². The number of hydrogen-bond donors (Lipinski definition) is 2. The number of anilines is 2. The van der Waals surface area contributed by atoms with Crippen LogP contribution in [0.3, 0.4) is 0 Å². The van der Waals surface area contributed by atoms with E-state index < -0.39 is 5.82 Å². The molecule has 1 saturated carbocycles. The monoisotopic (exact) mass is 561 g/mol. The zero-order valence-corrected chi connectivity index (χ0v) is 22.4. The predicted octanol–water partition coefficient (Wildman–Crippen LogP) is 4.91. The Balaban J connectivity index is 1.26. The summed E-state index contributed by atoms with van der Waals surface area (Å²) in [6.07, 6.45) is 3.64. The number of hydrogen-bond acceptors (Lipinski definition) is 8. The number of nitrogens with one attached hydrogen (secondary N) is 2. The molecule has 1 aromatic heterocycles. The molecule has 0 spiro atoms. The molecule has 2 N–H and O–H groups in total. The van der Waals surface area contributed by atoms with E-state index in [1.165, 1.54) is 18.8 Å². The highest BCUT2D eigenvalue weighted by molar-refractivity contribution is 6.42. The molecule has 2 aromatic carbocycles. The van der Waals surface area contributed by atoms with Gasteiger partial charge in [-0.1, -0.05) is 23.2 Å². The van der Waals surface area contributed by atoms with Crippen molar-refractivity contribution in [3.63, 3.8) is 0 Å². The van der Waals surface area contributed by atoms with Crippen LogP contribution in [0.1, 0.15) is 12.8 Å². The quantitative estimate of drug-likeness (QED) is 0.282. The average Bonchev–Trinajstić information content (AvgIpc) is 2.95. The zero-order valence-electron chi connectivity index (χ0n) is 20.9. The molecule has 3 fully saturated rings. The molecule has 0 amide bonds. The first kappa shape index (κ1) is 25.8. The van der Waals surface area contributed by atoms with E-state index in [-0.39, 0.29) is 21.8 Å². The Labute approximate surface area is 230 Å². The van der Waals surface area contributed by atoms with Crippen molar-refractivity contribution in [3.05, 3.63) is 46.5 Å². The molecule has 2 bridgehead atoms. The third kappa shape index (κ3) is 5.35. The minimum atomic E-state index is -0.641. The Morgan fingerprint density at radius 2 is 1.92 bits per heavy atom. The van der Waals surface area contributed by atoms with Crippen molar-refractivity contribution in [2.45, 2.75) is 18.9 Å². The van der Waals surface area contributed by atoms with E-state index in [0.29, 0.717) is 46.7 Å². The first-order valence-electron chi connectivity index (χ1n) is 13.1. The molecule has 8 nitrogen and oxygen atoms in total. The Kier molecular flexibility index (Phi) is 7.72. The van der Waals surface area contributed by atoms with Crippen LogP contribution in [0.2, 0.25) is 10.0 Å². The molecule has 0 radical (unpaired) electrons. The topological polar surface area (TPSA) is 80.8 Å². The van der Waals surface area contributed by atoms with Gasteiger partial charge in [-0.25, -0.2) is 14.4 Å². The molecule has 1 unspecified atom stereocenters. The molecule has 202 valence electrons. The summed E-state index contributed by atoms with van der Waals surface area (Å²) >= 11 is 12.0. The van der Waals surface area contributed by atoms with Crippen LogP contribution in [-0.2, 0) is 4.74 Å². The summed E-state index contributed by atoms with van der Waals surface area (Å²) in [5.41, 5.74) is 0.832. The lowest BCUT2D eigenvalue weighted by Crippen LogP contribution is -2.59. The molecular weight excluding hydrogens is 532 g/mol. The normalized spacial score (nSPS) is 23.2. The summed E-state index contributed by atoms with van der Waals surface area (Å²) in [6, 6.07) is 6.85. The van der Waals surface area contributed by atoms with Crippen molar-refractivity contribution in [2.75, 3.05) is 57.9 Å². The number of halogens is 3. The van der Waals surface area contributed by atoms with Crippen LogP contribution in [0.4, 0.5) is 15.9 Å². The molecule has 1 aliphatic carbocycles. The summed E-state index contributed by atoms with van der Waals surface area (Å²) in [6.45, 7) is 6.90. The van der Waals surface area contributed by atoms with Gasteiger partial charge in [0, 0.05) is 56.0 Å². The van der Waals surface area contributed by atoms with Gasteiger partial charge in [-0.3, -0.25) is 4.90 Å². The molecule has 3 atom stereocenters. The molecule has 2 saturated heterocycles. The number of benzene rings is 2. The van der Waals surface area contributed by atoms with Crippen LogP contribution in [-0.4, -0.2) is 73.5 Å². The Morgan fingerprint density at radius 3 is 2.71 bits per heavy atom. The highest BCUT2D eigenvalue weighted by Crippen LogP contribution is 2.43. The number of nitrogens with zero attached hydrogens (tertiary/aromatic N) is 3. The highest BCUT2D eigenvalue weighted by Gasteiger charge is 2.45. The van der Waals surface area contributed by atoms with E-state index in [2.05, 4.69) is 25.5 Å². The largest absolute Gasteiger partial charge is 0.490 e. The van der Waals surface area contributed by atoms with E-state index in [1.54, 1.807) is 6.07 Å². The van der Waals surface area contributed by atoms with Crippen molar-refractivity contribution < 1.29 is 18.6 Å². The van der Waals surface area contributed by atoms with Gasteiger partial charge in [0.25, 0.3) is 0 Å². The maximum Gasteiger partial charge on any atom is 0.166 e. The van der Waals surface area contributed by atoms with Crippen molar-refractivity contribution in [2.24, 2.45) is 11.8 Å². The van der Waals surface area contributed by atoms with Gasteiger partial charge in [-0.2, -0.15) is 0 Å². The van der Waals surface area contributed by atoms with Crippen LogP contribution in [0, 0.1) is 17.7 Å². The number of aromatic nitrogens is 2. The highest BCUT2D eigenvalue weighted by atomic mass is 35.5. The van der Waals surface area contributed by atoms with Gasteiger partial charge in [0.1, 0.15) is 18.2 Å². The molecule has 3 aromatic rings. The van der Waals surface area contributed by atoms with Crippen molar-refractivity contribution in [1.82, 2.24) is 20.2 Å². The second-order valence-corrected chi connectivity index (χ2v) is 10.8. The van der Waals surface area contributed by atoms with Crippen LogP contribution >= 0.6 is 23.2 Å². The van der Waals surface area contributed by atoms with Gasteiger partial charge < -0.3 is 24.8 Å². The second-order valence-electron chi connectivity index (χ2n) is 10.0. The maximum absolute atomic E-state index is 14.8. The lowest BCUT2D eigenvalue weighted by atomic mass is 9.69. The van der Waals surface area contributed by atoms with Crippen LogP contribution in [0.5, 0.6) is 11.5 Å². The van der Waals surface area contributed by atoms with Gasteiger partial charge in [-0.15, -0.1) is 0 Å². The number of morpholine rings is 1.